The Balaban J connectivity index is 2.31. The number of aldehydes is 1. The average molecular weight is 262 g/mol. The Hall–Kier alpha value is -1.23. The third kappa shape index (κ3) is 3.21. The van der Waals surface area contributed by atoms with Gasteiger partial charge in [-0.05, 0) is 43.6 Å². The first-order valence-corrected chi connectivity index (χ1v) is 6.82. The number of hydrogen-bond acceptors (Lipinski definition) is 4. The van der Waals surface area contributed by atoms with E-state index in [0.717, 1.165) is 19.3 Å². The smallest absolute Gasteiger partial charge is 0.145 e. The van der Waals surface area contributed by atoms with Gasteiger partial charge in [-0.25, -0.2) is 0 Å². The number of nitrogens with one attached hydrogen (secondary N) is 2. The minimum atomic E-state index is -0.0598. The lowest BCUT2D eigenvalue weighted by Crippen LogP contribution is -2.30. The lowest BCUT2D eigenvalue weighted by Gasteiger charge is -2.28. The molecule has 0 saturated heterocycles. The van der Waals surface area contributed by atoms with E-state index in [1.54, 1.807) is 0 Å². The molecule has 19 heavy (non-hydrogen) atoms. The maximum atomic E-state index is 10.5. The SMILES string of the molecule is CNCC(OCC=O)c1cccc2c1CCNC2C. The third-order valence-electron chi connectivity index (χ3n) is 3.64. The van der Waals surface area contributed by atoms with Gasteiger partial charge >= 0.3 is 0 Å². The fourth-order valence-electron chi connectivity index (χ4n) is 2.74. The van der Waals surface area contributed by atoms with Gasteiger partial charge in [0.25, 0.3) is 0 Å². The summed E-state index contributed by atoms with van der Waals surface area (Å²) in [5, 5.41) is 6.60. The molecule has 2 unspecified atom stereocenters. The molecule has 0 saturated carbocycles. The maximum absolute atomic E-state index is 10.5. The van der Waals surface area contributed by atoms with Crippen molar-refractivity contribution in [2.24, 2.45) is 0 Å². The van der Waals surface area contributed by atoms with Crippen molar-refractivity contribution in [1.29, 1.82) is 0 Å². The molecule has 1 heterocycles. The van der Waals surface area contributed by atoms with Crippen molar-refractivity contribution in [3.63, 3.8) is 0 Å². The van der Waals surface area contributed by atoms with Crippen molar-refractivity contribution in [2.75, 3.05) is 26.7 Å². The summed E-state index contributed by atoms with van der Waals surface area (Å²) in [4.78, 5) is 10.5. The van der Waals surface area contributed by atoms with Crippen LogP contribution in [0.3, 0.4) is 0 Å². The second-order valence-electron chi connectivity index (χ2n) is 4.89. The van der Waals surface area contributed by atoms with E-state index in [4.69, 9.17) is 4.74 Å². The summed E-state index contributed by atoms with van der Waals surface area (Å²) in [5.74, 6) is 0. The zero-order valence-corrected chi connectivity index (χ0v) is 11.6. The number of likely N-dealkylation sites (N-methyl/N-ethyl adjacent to an activating group) is 1. The van der Waals surface area contributed by atoms with Gasteiger partial charge in [0.05, 0.1) is 6.10 Å². The molecule has 104 valence electrons. The highest BCUT2D eigenvalue weighted by atomic mass is 16.5. The summed E-state index contributed by atoms with van der Waals surface area (Å²) in [6, 6.07) is 6.74. The molecule has 2 atom stereocenters. The Labute approximate surface area is 114 Å². The van der Waals surface area contributed by atoms with Crippen molar-refractivity contribution in [3.05, 3.63) is 34.9 Å². The lowest BCUT2D eigenvalue weighted by molar-refractivity contribution is -0.113. The van der Waals surface area contributed by atoms with E-state index >= 15 is 0 Å². The third-order valence-corrected chi connectivity index (χ3v) is 3.64. The summed E-state index contributed by atoms with van der Waals surface area (Å²) >= 11 is 0. The second-order valence-corrected chi connectivity index (χ2v) is 4.89. The van der Waals surface area contributed by atoms with Crippen LogP contribution in [-0.4, -0.2) is 33.0 Å². The zero-order chi connectivity index (χ0) is 13.7. The first kappa shape index (κ1) is 14.2. The standard InChI is InChI=1S/C15H22N2O2/c1-11-12-4-3-5-14(13(12)6-7-17-11)15(10-16-2)19-9-8-18/h3-5,8,11,15-17H,6-7,9-10H2,1-2H3. The van der Waals surface area contributed by atoms with Crippen molar-refractivity contribution in [3.8, 4) is 0 Å². The van der Waals surface area contributed by atoms with Crippen LogP contribution in [0.2, 0.25) is 0 Å². The normalized spacial score (nSPS) is 19.8. The van der Waals surface area contributed by atoms with Crippen molar-refractivity contribution < 1.29 is 9.53 Å². The molecule has 1 aliphatic heterocycles. The van der Waals surface area contributed by atoms with Gasteiger partial charge in [0.2, 0.25) is 0 Å². The van der Waals surface area contributed by atoms with Gasteiger partial charge in [-0.2, -0.15) is 0 Å². The first-order chi connectivity index (χ1) is 9.27. The number of carbonyl (C=O) groups excluding carboxylic acids is 1. The molecule has 0 aromatic heterocycles. The Bertz CT molecular complexity index is 434. The molecule has 1 aromatic carbocycles. The lowest BCUT2D eigenvalue weighted by atomic mass is 9.89. The Morgan fingerprint density at radius 3 is 3.16 bits per heavy atom. The molecule has 1 aliphatic rings. The van der Waals surface area contributed by atoms with Crippen LogP contribution in [0.1, 0.15) is 35.8 Å². The molecule has 2 N–H and O–H groups in total. The van der Waals surface area contributed by atoms with Gasteiger partial charge in [0.1, 0.15) is 12.9 Å². The average Bonchev–Trinajstić information content (AvgIpc) is 2.43. The molecule has 0 bridgehead atoms. The van der Waals surface area contributed by atoms with E-state index in [9.17, 15) is 4.79 Å². The van der Waals surface area contributed by atoms with Crippen LogP contribution in [0.15, 0.2) is 18.2 Å². The highest BCUT2D eigenvalue weighted by Crippen LogP contribution is 2.30. The molecule has 4 nitrogen and oxygen atoms in total. The predicted molar refractivity (Wildman–Crippen MR) is 75.2 cm³/mol. The zero-order valence-electron chi connectivity index (χ0n) is 11.6. The first-order valence-electron chi connectivity index (χ1n) is 6.82. The quantitative estimate of drug-likeness (QED) is 0.760. The largest absolute Gasteiger partial charge is 0.365 e. The van der Waals surface area contributed by atoms with Crippen LogP contribution >= 0.6 is 0 Å². The van der Waals surface area contributed by atoms with Gasteiger partial charge in [-0.1, -0.05) is 18.2 Å². The molecule has 0 aliphatic carbocycles. The Morgan fingerprint density at radius 1 is 1.58 bits per heavy atom. The molecule has 0 fully saturated rings. The minimum absolute atomic E-state index is 0.0598. The molecule has 1 aromatic rings. The maximum Gasteiger partial charge on any atom is 0.145 e. The van der Waals surface area contributed by atoms with E-state index in [1.807, 2.05) is 7.05 Å². The molecule has 0 spiro atoms. The van der Waals surface area contributed by atoms with Gasteiger partial charge < -0.3 is 20.2 Å². The van der Waals surface area contributed by atoms with E-state index in [-0.39, 0.29) is 12.7 Å². The van der Waals surface area contributed by atoms with Gasteiger partial charge in [0.15, 0.2) is 0 Å². The Kier molecular flexibility index (Phi) is 5.07. The van der Waals surface area contributed by atoms with Crippen LogP contribution in [0.5, 0.6) is 0 Å². The summed E-state index contributed by atoms with van der Waals surface area (Å²) in [5.41, 5.74) is 3.93. The van der Waals surface area contributed by atoms with Crippen LogP contribution in [0.4, 0.5) is 0 Å². The monoisotopic (exact) mass is 262 g/mol. The molecule has 2 rings (SSSR count). The van der Waals surface area contributed by atoms with E-state index in [1.165, 1.54) is 16.7 Å². The van der Waals surface area contributed by atoms with Crippen LogP contribution < -0.4 is 10.6 Å². The number of hydrogen-bond donors (Lipinski definition) is 2. The van der Waals surface area contributed by atoms with Crippen molar-refractivity contribution in [2.45, 2.75) is 25.5 Å². The Morgan fingerprint density at radius 2 is 2.42 bits per heavy atom. The molecular weight excluding hydrogens is 240 g/mol. The van der Waals surface area contributed by atoms with E-state index < -0.39 is 0 Å². The molecule has 4 heteroatoms. The van der Waals surface area contributed by atoms with Gasteiger partial charge in [-0.15, -0.1) is 0 Å². The molecular formula is C15H22N2O2. The minimum Gasteiger partial charge on any atom is -0.365 e. The van der Waals surface area contributed by atoms with E-state index in [0.29, 0.717) is 12.6 Å². The fraction of sp³-hybridized carbons (Fsp3) is 0.533. The number of carbonyl (C=O) groups is 1. The fourth-order valence-corrected chi connectivity index (χ4v) is 2.74. The summed E-state index contributed by atoms with van der Waals surface area (Å²) < 4.78 is 5.67. The number of ether oxygens (including phenoxy) is 1. The van der Waals surface area contributed by atoms with Crippen LogP contribution in [-0.2, 0) is 16.0 Å². The van der Waals surface area contributed by atoms with Crippen LogP contribution in [0, 0.1) is 0 Å². The van der Waals surface area contributed by atoms with Crippen molar-refractivity contribution >= 4 is 6.29 Å². The summed E-state index contributed by atoms with van der Waals surface area (Å²) in [6.07, 6.45) is 1.76. The highest BCUT2D eigenvalue weighted by Gasteiger charge is 2.22. The van der Waals surface area contributed by atoms with Crippen LogP contribution in [0.25, 0.3) is 0 Å². The van der Waals surface area contributed by atoms with Gasteiger partial charge in [0, 0.05) is 12.6 Å². The number of fused-ring (bicyclic) bond motifs is 1. The van der Waals surface area contributed by atoms with Gasteiger partial charge in [-0.3, -0.25) is 0 Å². The highest BCUT2D eigenvalue weighted by molar-refractivity contribution is 5.50. The summed E-state index contributed by atoms with van der Waals surface area (Å²) in [7, 11) is 1.90. The van der Waals surface area contributed by atoms with Crippen molar-refractivity contribution in [1.82, 2.24) is 10.6 Å². The second kappa shape index (κ2) is 6.80. The molecule has 0 amide bonds. The number of benzene rings is 1. The topological polar surface area (TPSA) is 50.4 Å². The predicted octanol–water partition coefficient (Wildman–Crippen LogP) is 1.37. The summed E-state index contributed by atoms with van der Waals surface area (Å²) in [6.45, 7) is 4.03. The number of rotatable bonds is 6. The van der Waals surface area contributed by atoms with E-state index in [2.05, 4.69) is 35.8 Å². The molecule has 0 radical (unpaired) electrons.